The SMILES string of the molecule is Cc1cccc(NC(=O)CN2CCN(C(=O)COc3ccc4ccccc4c3)CC2)c1C. The van der Waals surface area contributed by atoms with Crippen LogP contribution in [0.25, 0.3) is 10.8 Å². The van der Waals surface area contributed by atoms with Crippen molar-refractivity contribution in [1.29, 1.82) is 0 Å². The summed E-state index contributed by atoms with van der Waals surface area (Å²) in [4.78, 5) is 28.9. The van der Waals surface area contributed by atoms with Crippen molar-refractivity contribution < 1.29 is 14.3 Å². The third-order valence-corrected chi connectivity index (χ3v) is 6.05. The van der Waals surface area contributed by atoms with Crippen molar-refractivity contribution >= 4 is 28.3 Å². The quantitative estimate of drug-likeness (QED) is 0.648. The summed E-state index contributed by atoms with van der Waals surface area (Å²) in [7, 11) is 0. The molecule has 1 N–H and O–H groups in total. The minimum atomic E-state index is -0.0300. The van der Waals surface area contributed by atoms with Gasteiger partial charge < -0.3 is 15.0 Å². The van der Waals surface area contributed by atoms with Crippen molar-refractivity contribution in [2.45, 2.75) is 13.8 Å². The Kier molecular flexibility index (Phi) is 6.71. The van der Waals surface area contributed by atoms with E-state index in [9.17, 15) is 9.59 Å². The fourth-order valence-corrected chi connectivity index (χ4v) is 3.93. The monoisotopic (exact) mass is 431 g/mol. The fraction of sp³-hybridized carbons (Fsp3) is 0.308. The van der Waals surface area contributed by atoms with Gasteiger partial charge in [0.05, 0.1) is 6.54 Å². The first-order valence-electron chi connectivity index (χ1n) is 11.0. The van der Waals surface area contributed by atoms with E-state index in [0.29, 0.717) is 38.5 Å². The van der Waals surface area contributed by atoms with Gasteiger partial charge >= 0.3 is 0 Å². The first-order chi connectivity index (χ1) is 15.5. The van der Waals surface area contributed by atoms with Gasteiger partial charge in [0.15, 0.2) is 6.61 Å². The Hall–Kier alpha value is -3.38. The van der Waals surface area contributed by atoms with Crippen molar-refractivity contribution in [3.05, 3.63) is 71.8 Å². The van der Waals surface area contributed by atoms with E-state index >= 15 is 0 Å². The third kappa shape index (κ3) is 5.26. The van der Waals surface area contributed by atoms with E-state index in [2.05, 4.69) is 10.2 Å². The van der Waals surface area contributed by atoms with Crippen LogP contribution in [0.5, 0.6) is 5.75 Å². The highest BCUT2D eigenvalue weighted by Gasteiger charge is 2.23. The zero-order valence-electron chi connectivity index (χ0n) is 18.6. The molecule has 1 aliphatic heterocycles. The normalized spacial score (nSPS) is 14.4. The lowest BCUT2D eigenvalue weighted by atomic mass is 10.1. The minimum Gasteiger partial charge on any atom is -0.484 e. The van der Waals surface area contributed by atoms with Gasteiger partial charge in [-0.1, -0.05) is 42.5 Å². The van der Waals surface area contributed by atoms with Gasteiger partial charge in [-0.25, -0.2) is 0 Å². The number of carbonyl (C=O) groups is 2. The average molecular weight is 432 g/mol. The molecule has 0 aromatic heterocycles. The number of ether oxygens (including phenoxy) is 1. The molecule has 2 amide bonds. The van der Waals surface area contributed by atoms with Gasteiger partial charge in [-0.15, -0.1) is 0 Å². The summed E-state index contributed by atoms with van der Waals surface area (Å²) in [5.41, 5.74) is 3.10. The van der Waals surface area contributed by atoms with Crippen molar-refractivity contribution in [3.8, 4) is 5.75 Å². The molecule has 0 radical (unpaired) electrons. The lowest BCUT2D eigenvalue weighted by molar-refractivity contribution is -0.135. The van der Waals surface area contributed by atoms with E-state index < -0.39 is 0 Å². The van der Waals surface area contributed by atoms with Gasteiger partial charge in [0.25, 0.3) is 5.91 Å². The van der Waals surface area contributed by atoms with Crippen LogP contribution < -0.4 is 10.1 Å². The predicted molar refractivity (Wildman–Crippen MR) is 127 cm³/mol. The number of anilines is 1. The first kappa shape index (κ1) is 21.8. The van der Waals surface area contributed by atoms with E-state index in [0.717, 1.165) is 27.6 Å². The highest BCUT2D eigenvalue weighted by atomic mass is 16.5. The molecular formula is C26H29N3O3. The molecule has 0 aliphatic carbocycles. The number of rotatable bonds is 6. The standard InChI is InChI=1S/C26H29N3O3/c1-19-6-5-9-24(20(19)2)27-25(30)17-28-12-14-29(15-13-28)26(31)18-32-23-11-10-21-7-3-4-8-22(21)16-23/h3-11,16H,12-15,17-18H2,1-2H3,(H,27,30). The Bertz CT molecular complexity index is 1120. The largest absolute Gasteiger partial charge is 0.484 e. The van der Waals surface area contributed by atoms with Gasteiger partial charge in [0, 0.05) is 31.9 Å². The second-order valence-electron chi connectivity index (χ2n) is 8.25. The molecule has 0 unspecified atom stereocenters. The maximum Gasteiger partial charge on any atom is 0.260 e. The molecule has 166 valence electrons. The van der Waals surface area contributed by atoms with Crippen LogP contribution in [0.2, 0.25) is 0 Å². The van der Waals surface area contributed by atoms with Gasteiger partial charge in [-0.3, -0.25) is 14.5 Å². The number of carbonyl (C=O) groups excluding carboxylic acids is 2. The number of benzene rings is 3. The summed E-state index contributed by atoms with van der Waals surface area (Å²) < 4.78 is 5.74. The lowest BCUT2D eigenvalue weighted by Crippen LogP contribution is -2.51. The Morgan fingerprint density at radius 3 is 2.44 bits per heavy atom. The van der Waals surface area contributed by atoms with Crippen LogP contribution in [0.15, 0.2) is 60.7 Å². The molecule has 6 nitrogen and oxygen atoms in total. The summed E-state index contributed by atoms with van der Waals surface area (Å²) >= 11 is 0. The number of piperazine rings is 1. The molecular weight excluding hydrogens is 402 g/mol. The Morgan fingerprint density at radius 2 is 1.66 bits per heavy atom. The second-order valence-corrected chi connectivity index (χ2v) is 8.25. The Labute approximate surface area is 188 Å². The number of fused-ring (bicyclic) bond motifs is 1. The van der Waals surface area contributed by atoms with Gasteiger partial charge in [0.2, 0.25) is 5.91 Å². The third-order valence-electron chi connectivity index (χ3n) is 6.05. The number of hydrogen-bond donors (Lipinski definition) is 1. The van der Waals surface area contributed by atoms with Gasteiger partial charge in [-0.2, -0.15) is 0 Å². The molecule has 1 heterocycles. The van der Waals surface area contributed by atoms with Crippen LogP contribution in [0.1, 0.15) is 11.1 Å². The number of aryl methyl sites for hydroxylation is 1. The van der Waals surface area contributed by atoms with Gasteiger partial charge in [0.1, 0.15) is 5.75 Å². The van der Waals surface area contributed by atoms with Crippen molar-refractivity contribution in [2.75, 3.05) is 44.6 Å². The molecule has 4 rings (SSSR count). The molecule has 0 saturated carbocycles. The van der Waals surface area contributed by atoms with Gasteiger partial charge in [-0.05, 0) is 53.9 Å². The molecule has 3 aromatic carbocycles. The average Bonchev–Trinajstić information content (AvgIpc) is 2.81. The maximum atomic E-state index is 12.6. The van der Waals surface area contributed by atoms with Crippen LogP contribution in [-0.2, 0) is 9.59 Å². The highest BCUT2D eigenvalue weighted by molar-refractivity contribution is 5.93. The topological polar surface area (TPSA) is 61.9 Å². The van der Waals surface area contributed by atoms with E-state index in [1.807, 2.05) is 74.5 Å². The summed E-state index contributed by atoms with van der Waals surface area (Å²) in [6.45, 7) is 6.91. The highest BCUT2D eigenvalue weighted by Crippen LogP contribution is 2.21. The van der Waals surface area contributed by atoms with Crippen molar-refractivity contribution in [2.24, 2.45) is 0 Å². The van der Waals surface area contributed by atoms with Crippen LogP contribution in [0, 0.1) is 13.8 Å². The maximum absolute atomic E-state index is 12.6. The van der Waals surface area contributed by atoms with Crippen molar-refractivity contribution in [1.82, 2.24) is 9.80 Å². The lowest BCUT2D eigenvalue weighted by Gasteiger charge is -2.34. The Morgan fingerprint density at radius 1 is 0.906 bits per heavy atom. The molecule has 0 spiro atoms. The fourth-order valence-electron chi connectivity index (χ4n) is 3.93. The zero-order valence-corrected chi connectivity index (χ0v) is 18.6. The molecule has 6 heteroatoms. The molecule has 1 saturated heterocycles. The minimum absolute atomic E-state index is 0.0193. The smallest absolute Gasteiger partial charge is 0.260 e. The summed E-state index contributed by atoms with van der Waals surface area (Å²) in [6, 6.07) is 19.8. The summed E-state index contributed by atoms with van der Waals surface area (Å²) in [5, 5.41) is 5.23. The molecule has 32 heavy (non-hydrogen) atoms. The van der Waals surface area contributed by atoms with Crippen LogP contribution >= 0.6 is 0 Å². The Balaban J connectivity index is 1.22. The number of hydrogen-bond acceptors (Lipinski definition) is 4. The molecule has 3 aromatic rings. The second kappa shape index (κ2) is 9.83. The van der Waals surface area contributed by atoms with Crippen LogP contribution in [0.4, 0.5) is 5.69 Å². The molecule has 1 aliphatic rings. The van der Waals surface area contributed by atoms with E-state index in [1.54, 1.807) is 4.90 Å². The summed E-state index contributed by atoms with van der Waals surface area (Å²) in [5.74, 6) is 0.634. The van der Waals surface area contributed by atoms with Crippen LogP contribution in [-0.4, -0.2) is 60.9 Å². The molecule has 1 fully saturated rings. The van der Waals surface area contributed by atoms with Crippen LogP contribution in [0.3, 0.4) is 0 Å². The van der Waals surface area contributed by atoms with E-state index in [4.69, 9.17) is 4.74 Å². The number of nitrogens with one attached hydrogen (secondary N) is 1. The summed E-state index contributed by atoms with van der Waals surface area (Å²) in [6.07, 6.45) is 0. The molecule has 0 bridgehead atoms. The number of nitrogens with zero attached hydrogens (tertiary/aromatic N) is 2. The number of amides is 2. The molecule has 0 atom stereocenters. The predicted octanol–water partition coefficient (Wildman–Crippen LogP) is 3.62. The van der Waals surface area contributed by atoms with E-state index in [1.165, 1.54) is 0 Å². The van der Waals surface area contributed by atoms with Crippen molar-refractivity contribution in [3.63, 3.8) is 0 Å². The zero-order chi connectivity index (χ0) is 22.5. The first-order valence-corrected chi connectivity index (χ1v) is 11.0. The van der Waals surface area contributed by atoms with E-state index in [-0.39, 0.29) is 18.4 Å².